The van der Waals surface area contributed by atoms with E-state index in [9.17, 15) is 4.79 Å². The molecule has 4 rings (SSSR count). The van der Waals surface area contributed by atoms with E-state index in [2.05, 4.69) is 46.6 Å². The topological polar surface area (TPSA) is 58.4 Å². The average molecular weight is 347 g/mol. The number of amides is 1. The van der Waals surface area contributed by atoms with Gasteiger partial charge in [0.25, 0.3) is 0 Å². The molecule has 3 aromatic carbocycles. The third-order valence-corrected chi connectivity index (χ3v) is 4.89. The van der Waals surface area contributed by atoms with Crippen LogP contribution in [0.4, 0.5) is 5.69 Å². The number of benzene rings is 3. The molecule has 0 radical (unpaired) electrons. The Bertz CT molecular complexity index is 994. The first-order valence-corrected chi connectivity index (χ1v) is 8.48. The molecule has 3 aromatic rings. The molecule has 0 aliphatic carbocycles. The lowest BCUT2D eigenvalue weighted by molar-refractivity contribution is 0.100. The summed E-state index contributed by atoms with van der Waals surface area (Å²) in [6.07, 6.45) is 0. The number of primary amides is 1. The summed E-state index contributed by atoms with van der Waals surface area (Å²) in [5, 5.41) is 6.34. The Morgan fingerprint density at radius 1 is 1.12 bits per heavy atom. The molecule has 1 aliphatic heterocycles. The molecule has 0 saturated heterocycles. The number of carbonyl (C=O) groups is 1. The molecule has 124 valence electrons. The number of hydrogen-bond donors (Lipinski definition) is 2. The van der Waals surface area contributed by atoms with Gasteiger partial charge in [0.2, 0.25) is 5.91 Å². The summed E-state index contributed by atoms with van der Waals surface area (Å²) >= 11 is 5.53. The van der Waals surface area contributed by atoms with Crippen LogP contribution in [0.25, 0.3) is 10.8 Å². The summed E-state index contributed by atoms with van der Waals surface area (Å²) in [5.41, 5.74) is 9.03. The van der Waals surface area contributed by atoms with Crippen molar-refractivity contribution >= 4 is 39.7 Å². The summed E-state index contributed by atoms with van der Waals surface area (Å²) in [5.74, 6) is -0.436. The molecule has 1 amide bonds. The van der Waals surface area contributed by atoms with Gasteiger partial charge < -0.3 is 16.0 Å². The van der Waals surface area contributed by atoms with Crippen molar-refractivity contribution in [3.8, 4) is 0 Å². The van der Waals surface area contributed by atoms with Crippen molar-refractivity contribution in [1.29, 1.82) is 0 Å². The minimum Gasteiger partial charge on any atom is -0.366 e. The molecule has 0 bridgehead atoms. The number of nitrogens with one attached hydrogen (secondary N) is 1. The molecule has 3 N–H and O–H groups in total. The summed E-state index contributed by atoms with van der Waals surface area (Å²) in [4.78, 5) is 13.5. The van der Waals surface area contributed by atoms with Crippen molar-refractivity contribution in [1.82, 2.24) is 4.90 Å². The Hall–Kier alpha value is -2.92. The molecule has 0 unspecified atom stereocenters. The number of anilines is 1. The van der Waals surface area contributed by atoms with E-state index in [1.54, 1.807) is 12.1 Å². The molecule has 0 saturated carbocycles. The Morgan fingerprint density at radius 2 is 1.92 bits per heavy atom. The van der Waals surface area contributed by atoms with E-state index in [1.807, 2.05) is 12.1 Å². The van der Waals surface area contributed by atoms with Crippen molar-refractivity contribution < 1.29 is 4.79 Å². The van der Waals surface area contributed by atoms with Crippen LogP contribution in [0.15, 0.2) is 60.7 Å². The number of nitrogens with two attached hydrogens (primary N) is 1. The quantitative estimate of drug-likeness (QED) is 0.710. The van der Waals surface area contributed by atoms with Crippen molar-refractivity contribution in [3.05, 3.63) is 77.4 Å². The monoisotopic (exact) mass is 347 g/mol. The second-order valence-corrected chi connectivity index (χ2v) is 6.55. The lowest BCUT2D eigenvalue weighted by atomic mass is 10.0. The highest BCUT2D eigenvalue weighted by atomic mass is 32.1. The van der Waals surface area contributed by atoms with Gasteiger partial charge in [0.05, 0.1) is 0 Å². The molecule has 5 heteroatoms. The predicted octanol–water partition coefficient (Wildman–Crippen LogP) is 3.65. The van der Waals surface area contributed by atoms with Gasteiger partial charge in [0.1, 0.15) is 0 Å². The zero-order chi connectivity index (χ0) is 17.4. The maximum Gasteiger partial charge on any atom is 0.248 e. The highest BCUT2D eigenvalue weighted by molar-refractivity contribution is 7.80. The van der Waals surface area contributed by atoms with Gasteiger partial charge in [-0.1, -0.05) is 48.5 Å². The van der Waals surface area contributed by atoms with Gasteiger partial charge in [-0.15, -0.1) is 0 Å². The zero-order valence-corrected chi connectivity index (χ0v) is 14.3. The molecule has 25 heavy (non-hydrogen) atoms. The molecule has 0 aromatic heterocycles. The fourth-order valence-corrected chi connectivity index (χ4v) is 3.46. The van der Waals surface area contributed by atoms with Gasteiger partial charge in [-0.05, 0) is 46.2 Å². The summed E-state index contributed by atoms with van der Waals surface area (Å²) in [6, 6.07) is 20.1. The van der Waals surface area contributed by atoms with E-state index >= 15 is 0 Å². The number of hydrogen-bond acceptors (Lipinski definition) is 2. The van der Waals surface area contributed by atoms with E-state index in [4.69, 9.17) is 18.0 Å². The Labute approximate surface area is 151 Å². The molecule has 1 aliphatic rings. The number of carbonyl (C=O) groups excluding carboxylic acids is 1. The minimum atomic E-state index is -0.436. The summed E-state index contributed by atoms with van der Waals surface area (Å²) < 4.78 is 0. The van der Waals surface area contributed by atoms with E-state index < -0.39 is 5.91 Å². The van der Waals surface area contributed by atoms with Gasteiger partial charge in [-0.3, -0.25) is 4.79 Å². The van der Waals surface area contributed by atoms with Crippen LogP contribution in [0.2, 0.25) is 0 Å². The van der Waals surface area contributed by atoms with Crippen molar-refractivity contribution in [2.75, 3.05) is 5.32 Å². The van der Waals surface area contributed by atoms with E-state index in [0.717, 1.165) is 17.8 Å². The summed E-state index contributed by atoms with van der Waals surface area (Å²) in [7, 11) is 0. The Morgan fingerprint density at radius 3 is 2.76 bits per heavy atom. The number of nitrogens with zero attached hydrogens (tertiary/aromatic N) is 1. The first-order valence-electron chi connectivity index (χ1n) is 8.07. The zero-order valence-electron chi connectivity index (χ0n) is 13.5. The lowest BCUT2D eigenvalue weighted by Gasteiger charge is -2.32. The Balaban J connectivity index is 1.64. The minimum absolute atomic E-state index is 0.436. The van der Waals surface area contributed by atoms with E-state index in [1.165, 1.54) is 16.3 Å². The smallest absolute Gasteiger partial charge is 0.248 e. The SMILES string of the molecule is NC(=O)c1ccc2c(c1)NC(=S)N(Cc1cccc3ccccc13)C2. The highest BCUT2D eigenvalue weighted by Gasteiger charge is 2.21. The number of thiocarbonyl (C=S) groups is 1. The van der Waals surface area contributed by atoms with Gasteiger partial charge in [-0.2, -0.15) is 0 Å². The van der Waals surface area contributed by atoms with Gasteiger partial charge in [-0.25, -0.2) is 0 Å². The van der Waals surface area contributed by atoms with Gasteiger partial charge in [0.15, 0.2) is 5.11 Å². The Kier molecular flexibility index (Phi) is 3.86. The molecule has 0 spiro atoms. The van der Waals surface area contributed by atoms with E-state index in [-0.39, 0.29) is 0 Å². The largest absolute Gasteiger partial charge is 0.366 e. The third kappa shape index (κ3) is 2.94. The fourth-order valence-electron chi connectivity index (χ4n) is 3.22. The van der Waals surface area contributed by atoms with Crippen molar-refractivity contribution in [3.63, 3.8) is 0 Å². The normalized spacial score (nSPS) is 13.4. The van der Waals surface area contributed by atoms with Crippen LogP contribution in [0.1, 0.15) is 21.5 Å². The molecular weight excluding hydrogens is 330 g/mol. The number of fused-ring (bicyclic) bond motifs is 2. The maximum atomic E-state index is 11.3. The van der Waals surface area contributed by atoms with Crippen LogP contribution in [-0.4, -0.2) is 15.9 Å². The first-order chi connectivity index (χ1) is 12.1. The predicted molar refractivity (Wildman–Crippen MR) is 104 cm³/mol. The van der Waals surface area contributed by atoms with Crippen LogP contribution in [0, 0.1) is 0 Å². The standard InChI is InChI=1S/C20H17N3OS/c21-19(24)14-8-9-16-12-23(20(25)22-18(16)10-14)11-15-6-3-5-13-4-1-2-7-17(13)15/h1-10H,11-12H2,(H2,21,24)(H,22,25). The maximum absolute atomic E-state index is 11.3. The highest BCUT2D eigenvalue weighted by Crippen LogP contribution is 2.27. The fraction of sp³-hybridized carbons (Fsp3) is 0.100. The van der Waals surface area contributed by atoms with E-state index in [0.29, 0.717) is 17.2 Å². The molecule has 4 nitrogen and oxygen atoms in total. The second kappa shape index (κ2) is 6.18. The van der Waals surface area contributed by atoms with Crippen LogP contribution in [-0.2, 0) is 13.1 Å². The molecule has 1 heterocycles. The second-order valence-electron chi connectivity index (χ2n) is 6.16. The van der Waals surface area contributed by atoms with Gasteiger partial charge in [0, 0.05) is 24.3 Å². The average Bonchev–Trinajstić information content (AvgIpc) is 2.62. The molecule has 0 fully saturated rings. The van der Waals surface area contributed by atoms with Crippen molar-refractivity contribution in [2.24, 2.45) is 5.73 Å². The third-order valence-electron chi connectivity index (χ3n) is 4.53. The first kappa shape index (κ1) is 15.6. The molecular formula is C20H17N3OS. The lowest BCUT2D eigenvalue weighted by Crippen LogP contribution is -2.38. The van der Waals surface area contributed by atoms with Crippen LogP contribution in [0.5, 0.6) is 0 Å². The summed E-state index contributed by atoms with van der Waals surface area (Å²) in [6.45, 7) is 1.42. The van der Waals surface area contributed by atoms with Crippen LogP contribution in [0.3, 0.4) is 0 Å². The van der Waals surface area contributed by atoms with Crippen molar-refractivity contribution in [2.45, 2.75) is 13.1 Å². The van der Waals surface area contributed by atoms with Crippen LogP contribution >= 0.6 is 12.2 Å². The van der Waals surface area contributed by atoms with Gasteiger partial charge >= 0.3 is 0 Å². The molecule has 0 atom stereocenters. The van der Waals surface area contributed by atoms with Crippen LogP contribution < -0.4 is 11.1 Å². The number of rotatable bonds is 3.